The van der Waals surface area contributed by atoms with E-state index in [1.165, 1.54) is 30.3 Å². The van der Waals surface area contributed by atoms with E-state index < -0.39 is 30.9 Å². The molecule has 1 aromatic heterocycles. The molecule has 0 saturated carbocycles. The van der Waals surface area contributed by atoms with Crippen molar-refractivity contribution in [2.45, 2.75) is 27.4 Å². The lowest BCUT2D eigenvalue weighted by Gasteiger charge is -2.06. The number of nitrogens with one attached hydrogen (secondary N) is 1. The van der Waals surface area contributed by atoms with Crippen LogP contribution in [-0.4, -0.2) is 42.5 Å². The van der Waals surface area contributed by atoms with E-state index in [4.69, 9.17) is 9.47 Å². The second-order valence-electron chi connectivity index (χ2n) is 6.16. The fourth-order valence-corrected chi connectivity index (χ4v) is 2.77. The topological polar surface area (TPSA) is 94.7 Å². The van der Waals surface area contributed by atoms with Gasteiger partial charge in [0.05, 0.1) is 17.7 Å². The molecule has 0 atom stereocenters. The van der Waals surface area contributed by atoms with Gasteiger partial charge in [-0.3, -0.25) is 4.79 Å². The van der Waals surface area contributed by atoms with E-state index in [2.05, 4.69) is 9.72 Å². The Morgan fingerprint density at radius 1 is 1.03 bits per heavy atom. The summed E-state index contributed by atoms with van der Waals surface area (Å²) in [5, 5.41) is 0. The molecule has 0 bridgehead atoms. The number of ketones is 1. The summed E-state index contributed by atoms with van der Waals surface area (Å²) in [5.74, 6) is -1.97. The van der Waals surface area contributed by atoms with Crippen molar-refractivity contribution >= 4 is 23.8 Å². The molecule has 2 aromatic rings. The predicted molar refractivity (Wildman–Crippen MR) is 104 cm³/mol. The standard InChI is InChI=1S/C21H21F2NO6/c1-4-28-20(27)19-13(3)24-12(2)18(19)16(25)11-29-17(26)10-7-14-5-8-15(9-6-14)30-21(22)23/h5-10,21,24H,4,11H2,1-3H3/b10-7+. The molecule has 30 heavy (non-hydrogen) atoms. The van der Waals surface area contributed by atoms with Crippen molar-refractivity contribution in [1.29, 1.82) is 0 Å². The zero-order valence-corrected chi connectivity index (χ0v) is 16.7. The molecule has 7 nitrogen and oxygen atoms in total. The molecule has 1 heterocycles. The molecule has 0 aliphatic heterocycles. The smallest absolute Gasteiger partial charge is 0.387 e. The highest BCUT2D eigenvalue weighted by atomic mass is 19.3. The first kappa shape index (κ1) is 22.8. The van der Waals surface area contributed by atoms with Crippen LogP contribution in [0.1, 0.15) is 44.6 Å². The molecule has 2 rings (SSSR count). The molecular weight excluding hydrogens is 400 g/mol. The van der Waals surface area contributed by atoms with Gasteiger partial charge in [-0.2, -0.15) is 8.78 Å². The van der Waals surface area contributed by atoms with Gasteiger partial charge in [0.15, 0.2) is 6.61 Å². The summed E-state index contributed by atoms with van der Waals surface area (Å²) in [6, 6.07) is 5.61. The lowest BCUT2D eigenvalue weighted by molar-refractivity contribution is -0.136. The van der Waals surface area contributed by atoms with Crippen LogP contribution in [0.15, 0.2) is 30.3 Å². The highest BCUT2D eigenvalue weighted by Crippen LogP contribution is 2.20. The van der Waals surface area contributed by atoms with Crippen molar-refractivity contribution in [2.75, 3.05) is 13.2 Å². The van der Waals surface area contributed by atoms with Crippen LogP contribution in [0.25, 0.3) is 6.08 Å². The average molecular weight is 421 g/mol. The highest BCUT2D eigenvalue weighted by Gasteiger charge is 2.25. The molecule has 0 saturated heterocycles. The quantitative estimate of drug-likeness (QED) is 0.376. The summed E-state index contributed by atoms with van der Waals surface area (Å²) >= 11 is 0. The van der Waals surface area contributed by atoms with Gasteiger partial charge in [0.25, 0.3) is 0 Å². The van der Waals surface area contributed by atoms with Gasteiger partial charge in [0.1, 0.15) is 5.75 Å². The maximum Gasteiger partial charge on any atom is 0.387 e. The molecule has 0 unspecified atom stereocenters. The number of rotatable bonds is 9. The number of hydrogen-bond donors (Lipinski definition) is 1. The average Bonchev–Trinajstić information content (AvgIpc) is 2.99. The molecule has 9 heteroatoms. The second kappa shape index (κ2) is 10.3. The highest BCUT2D eigenvalue weighted by molar-refractivity contribution is 6.09. The third kappa shape index (κ3) is 6.00. The molecule has 0 amide bonds. The minimum Gasteiger partial charge on any atom is -0.462 e. The number of halogens is 2. The number of H-pyrrole nitrogens is 1. The number of alkyl halides is 2. The first-order valence-electron chi connectivity index (χ1n) is 9.02. The Morgan fingerprint density at radius 2 is 1.67 bits per heavy atom. The van der Waals surface area contributed by atoms with Crippen LogP contribution in [0.2, 0.25) is 0 Å². The Kier molecular flexibility index (Phi) is 7.85. The largest absolute Gasteiger partial charge is 0.462 e. The van der Waals surface area contributed by atoms with Crippen molar-refractivity contribution in [2.24, 2.45) is 0 Å². The SMILES string of the molecule is CCOC(=O)c1c(C)[nH]c(C)c1C(=O)COC(=O)/C=C/c1ccc(OC(F)F)cc1. The Labute approximate surface area is 171 Å². The second-order valence-corrected chi connectivity index (χ2v) is 6.16. The van der Waals surface area contributed by atoms with Gasteiger partial charge in [-0.15, -0.1) is 0 Å². The number of carbonyl (C=O) groups is 3. The summed E-state index contributed by atoms with van der Waals surface area (Å²) in [6.45, 7) is 1.60. The van der Waals surface area contributed by atoms with Crippen LogP contribution < -0.4 is 4.74 Å². The fourth-order valence-electron chi connectivity index (χ4n) is 2.77. The number of aryl methyl sites for hydroxylation is 2. The summed E-state index contributed by atoms with van der Waals surface area (Å²) in [5.41, 5.74) is 1.74. The van der Waals surface area contributed by atoms with Crippen molar-refractivity contribution in [1.82, 2.24) is 4.98 Å². The van der Waals surface area contributed by atoms with Gasteiger partial charge in [0.2, 0.25) is 5.78 Å². The van der Waals surface area contributed by atoms with Crippen LogP contribution >= 0.6 is 0 Å². The van der Waals surface area contributed by atoms with E-state index >= 15 is 0 Å². The predicted octanol–water partition coefficient (Wildman–Crippen LogP) is 3.85. The number of carbonyl (C=O) groups excluding carboxylic acids is 3. The van der Waals surface area contributed by atoms with Gasteiger partial charge < -0.3 is 19.2 Å². The monoisotopic (exact) mass is 421 g/mol. The minimum absolute atomic E-state index is 0.00936. The molecule has 160 valence electrons. The number of Topliss-reactive ketones (excluding diaryl/α,β-unsaturated/α-hetero) is 1. The third-order valence-electron chi connectivity index (χ3n) is 4.00. The van der Waals surface area contributed by atoms with Crippen LogP contribution in [0.4, 0.5) is 8.78 Å². The summed E-state index contributed by atoms with van der Waals surface area (Å²) < 4.78 is 38.4. The lowest BCUT2D eigenvalue weighted by Crippen LogP contribution is -2.17. The lowest BCUT2D eigenvalue weighted by atomic mass is 10.1. The maximum atomic E-state index is 12.5. The Balaban J connectivity index is 1.99. The fraction of sp³-hybridized carbons (Fsp3) is 0.286. The van der Waals surface area contributed by atoms with E-state index in [9.17, 15) is 23.2 Å². The molecule has 1 N–H and O–H groups in total. The molecule has 0 fully saturated rings. The van der Waals surface area contributed by atoms with Crippen LogP contribution in [0.3, 0.4) is 0 Å². The van der Waals surface area contributed by atoms with E-state index in [0.717, 1.165) is 6.08 Å². The maximum absolute atomic E-state index is 12.5. The van der Waals surface area contributed by atoms with Crippen molar-refractivity contribution in [3.63, 3.8) is 0 Å². The normalized spacial score (nSPS) is 11.0. The number of aromatic amines is 1. The zero-order valence-electron chi connectivity index (χ0n) is 16.7. The van der Waals surface area contributed by atoms with Crippen LogP contribution in [0.5, 0.6) is 5.75 Å². The molecule has 1 aromatic carbocycles. The zero-order chi connectivity index (χ0) is 22.3. The number of benzene rings is 1. The molecule has 0 aliphatic carbocycles. The van der Waals surface area contributed by atoms with Gasteiger partial charge >= 0.3 is 18.6 Å². The first-order chi connectivity index (χ1) is 14.2. The molecule has 0 radical (unpaired) electrons. The summed E-state index contributed by atoms with van der Waals surface area (Å²) in [6.07, 6.45) is 2.49. The number of hydrogen-bond acceptors (Lipinski definition) is 6. The van der Waals surface area contributed by atoms with E-state index in [1.54, 1.807) is 20.8 Å². The molecule has 0 spiro atoms. The van der Waals surface area contributed by atoms with Crippen molar-refractivity contribution in [3.8, 4) is 5.75 Å². The van der Waals surface area contributed by atoms with Gasteiger partial charge in [-0.1, -0.05) is 12.1 Å². The van der Waals surface area contributed by atoms with Crippen LogP contribution in [0, 0.1) is 13.8 Å². The van der Waals surface area contributed by atoms with E-state index in [-0.39, 0.29) is 23.5 Å². The van der Waals surface area contributed by atoms with Crippen molar-refractivity contribution in [3.05, 3.63) is 58.4 Å². The molecular formula is C21H21F2NO6. The van der Waals surface area contributed by atoms with Crippen molar-refractivity contribution < 1.29 is 37.4 Å². The summed E-state index contributed by atoms with van der Waals surface area (Å²) in [4.78, 5) is 39.4. The van der Waals surface area contributed by atoms with E-state index in [1.807, 2.05) is 0 Å². The van der Waals surface area contributed by atoms with Gasteiger partial charge in [-0.05, 0) is 44.5 Å². The minimum atomic E-state index is -2.92. The van der Waals surface area contributed by atoms with E-state index in [0.29, 0.717) is 17.0 Å². The summed E-state index contributed by atoms with van der Waals surface area (Å²) in [7, 11) is 0. The Hall–Kier alpha value is -3.49. The number of ether oxygens (including phenoxy) is 3. The van der Waals surface area contributed by atoms with Crippen LogP contribution in [-0.2, 0) is 14.3 Å². The Morgan fingerprint density at radius 3 is 2.27 bits per heavy atom. The Bertz CT molecular complexity index is 947. The molecule has 0 aliphatic rings. The van der Waals surface area contributed by atoms with Gasteiger partial charge in [0, 0.05) is 17.5 Å². The van der Waals surface area contributed by atoms with Gasteiger partial charge in [-0.25, -0.2) is 9.59 Å². The first-order valence-corrected chi connectivity index (χ1v) is 9.02. The number of esters is 2. The number of aromatic nitrogens is 1. The third-order valence-corrected chi connectivity index (χ3v) is 4.00.